The summed E-state index contributed by atoms with van der Waals surface area (Å²) < 4.78 is 1.70. The van der Waals surface area contributed by atoms with Gasteiger partial charge in [0.1, 0.15) is 12.7 Å². The van der Waals surface area contributed by atoms with Crippen molar-refractivity contribution in [2.75, 3.05) is 7.05 Å². The van der Waals surface area contributed by atoms with E-state index in [1.54, 1.807) is 11.0 Å². The van der Waals surface area contributed by atoms with Crippen molar-refractivity contribution in [1.82, 2.24) is 19.7 Å². The van der Waals surface area contributed by atoms with Crippen LogP contribution in [-0.4, -0.2) is 38.7 Å². The standard InChI is InChI=1S/C12H20N4O/c1-15(11-5-3-2-4-6-11)12(17)7-8-16-10-13-9-14-16/h9-11H,2-8H2,1H3. The summed E-state index contributed by atoms with van der Waals surface area (Å²) in [5.74, 6) is 0.215. The fourth-order valence-electron chi connectivity index (χ4n) is 2.41. The van der Waals surface area contributed by atoms with E-state index in [0.717, 1.165) is 12.8 Å². The fourth-order valence-corrected chi connectivity index (χ4v) is 2.41. The predicted octanol–water partition coefficient (Wildman–Crippen LogP) is 1.46. The highest BCUT2D eigenvalue weighted by atomic mass is 16.2. The molecule has 1 aromatic rings. The van der Waals surface area contributed by atoms with Crippen LogP contribution < -0.4 is 0 Å². The van der Waals surface area contributed by atoms with Gasteiger partial charge < -0.3 is 4.90 Å². The third-order valence-electron chi connectivity index (χ3n) is 3.54. The summed E-state index contributed by atoms with van der Waals surface area (Å²) in [4.78, 5) is 17.8. The molecular formula is C12H20N4O. The second-order valence-corrected chi connectivity index (χ2v) is 4.71. The highest BCUT2D eigenvalue weighted by Gasteiger charge is 2.21. The van der Waals surface area contributed by atoms with Gasteiger partial charge in [0.2, 0.25) is 5.91 Å². The Labute approximate surface area is 102 Å². The van der Waals surface area contributed by atoms with Crippen molar-refractivity contribution >= 4 is 5.91 Å². The van der Waals surface area contributed by atoms with Crippen molar-refractivity contribution < 1.29 is 4.79 Å². The van der Waals surface area contributed by atoms with E-state index in [1.807, 2.05) is 11.9 Å². The van der Waals surface area contributed by atoms with Crippen molar-refractivity contribution in [3.05, 3.63) is 12.7 Å². The third kappa shape index (κ3) is 3.28. The van der Waals surface area contributed by atoms with Crippen LogP contribution >= 0.6 is 0 Å². The monoisotopic (exact) mass is 236 g/mol. The van der Waals surface area contributed by atoms with Crippen LogP contribution in [0.4, 0.5) is 0 Å². The molecule has 5 nitrogen and oxygen atoms in total. The molecule has 17 heavy (non-hydrogen) atoms. The number of amides is 1. The van der Waals surface area contributed by atoms with Gasteiger partial charge in [-0.25, -0.2) is 4.98 Å². The Hall–Kier alpha value is -1.39. The second kappa shape index (κ2) is 5.80. The Kier molecular flexibility index (Phi) is 4.12. The summed E-state index contributed by atoms with van der Waals surface area (Å²) in [5.41, 5.74) is 0. The smallest absolute Gasteiger partial charge is 0.224 e. The Morgan fingerprint density at radius 3 is 2.82 bits per heavy atom. The molecule has 1 aromatic heterocycles. The second-order valence-electron chi connectivity index (χ2n) is 4.71. The first kappa shape index (κ1) is 12.1. The number of aromatic nitrogens is 3. The molecule has 1 heterocycles. The van der Waals surface area contributed by atoms with E-state index in [1.165, 1.54) is 25.6 Å². The molecule has 0 N–H and O–H groups in total. The third-order valence-corrected chi connectivity index (χ3v) is 3.54. The summed E-state index contributed by atoms with van der Waals surface area (Å²) in [5, 5.41) is 3.99. The highest BCUT2D eigenvalue weighted by molar-refractivity contribution is 5.76. The van der Waals surface area contributed by atoms with Gasteiger partial charge in [0.25, 0.3) is 0 Å². The van der Waals surface area contributed by atoms with Crippen LogP contribution in [0.2, 0.25) is 0 Å². The van der Waals surface area contributed by atoms with E-state index in [2.05, 4.69) is 10.1 Å². The lowest BCUT2D eigenvalue weighted by molar-refractivity contribution is -0.132. The van der Waals surface area contributed by atoms with Crippen LogP contribution in [0.25, 0.3) is 0 Å². The zero-order chi connectivity index (χ0) is 12.1. The van der Waals surface area contributed by atoms with Crippen LogP contribution in [0.5, 0.6) is 0 Å². The lowest BCUT2D eigenvalue weighted by Crippen LogP contribution is -2.38. The normalized spacial score (nSPS) is 17.0. The van der Waals surface area contributed by atoms with Crippen molar-refractivity contribution in [3.8, 4) is 0 Å². The SMILES string of the molecule is CN(C(=O)CCn1cncn1)C1CCCCC1. The average Bonchev–Trinajstić information content (AvgIpc) is 2.89. The van der Waals surface area contributed by atoms with E-state index < -0.39 is 0 Å². The summed E-state index contributed by atoms with van der Waals surface area (Å²) in [6, 6.07) is 0.451. The number of rotatable bonds is 4. The summed E-state index contributed by atoms with van der Waals surface area (Å²) in [6.07, 6.45) is 9.80. The van der Waals surface area contributed by atoms with Crippen LogP contribution in [-0.2, 0) is 11.3 Å². The lowest BCUT2D eigenvalue weighted by Gasteiger charge is -2.31. The highest BCUT2D eigenvalue weighted by Crippen LogP contribution is 2.21. The van der Waals surface area contributed by atoms with Crippen LogP contribution in [0.3, 0.4) is 0 Å². The zero-order valence-electron chi connectivity index (χ0n) is 10.4. The van der Waals surface area contributed by atoms with Gasteiger partial charge in [-0.05, 0) is 12.8 Å². The molecule has 0 unspecified atom stereocenters. The molecule has 1 aliphatic rings. The number of aryl methyl sites for hydroxylation is 1. The van der Waals surface area contributed by atoms with Gasteiger partial charge >= 0.3 is 0 Å². The van der Waals surface area contributed by atoms with Crippen LogP contribution in [0.15, 0.2) is 12.7 Å². The number of nitrogens with zero attached hydrogens (tertiary/aromatic N) is 4. The molecule has 0 saturated heterocycles. The Bertz CT molecular complexity index is 343. The zero-order valence-corrected chi connectivity index (χ0v) is 10.4. The Morgan fingerprint density at radius 2 is 2.18 bits per heavy atom. The minimum Gasteiger partial charge on any atom is -0.343 e. The van der Waals surface area contributed by atoms with Crippen molar-refractivity contribution in [2.24, 2.45) is 0 Å². The fraction of sp³-hybridized carbons (Fsp3) is 0.750. The molecular weight excluding hydrogens is 216 g/mol. The minimum absolute atomic E-state index is 0.215. The van der Waals surface area contributed by atoms with E-state index in [4.69, 9.17) is 0 Å². The molecule has 2 rings (SSSR count). The quantitative estimate of drug-likeness (QED) is 0.795. The average molecular weight is 236 g/mol. The lowest BCUT2D eigenvalue weighted by atomic mass is 9.94. The molecule has 0 atom stereocenters. The molecule has 1 fully saturated rings. The maximum absolute atomic E-state index is 12.0. The van der Waals surface area contributed by atoms with Crippen molar-refractivity contribution in [3.63, 3.8) is 0 Å². The molecule has 0 spiro atoms. The molecule has 0 aromatic carbocycles. The first-order valence-electron chi connectivity index (χ1n) is 6.35. The Morgan fingerprint density at radius 1 is 1.41 bits per heavy atom. The molecule has 1 aliphatic carbocycles. The van der Waals surface area contributed by atoms with E-state index >= 15 is 0 Å². The first-order valence-corrected chi connectivity index (χ1v) is 6.35. The number of carbonyl (C=O) groups excluding carboxylic acids is 1. The van der Waals surface area contributed by atoms with Gasteiger partial charge in [-0.1, -0.05) is 19.3 Å². The molecule has 0 bridgehead atoms. The van der Waals surface area contributed by atoms with Crippen molar-refractivity contribution in [2.45, 2.75) is 51.1 Å². The van der Waals surface area contributed by atoms with Gasteiger partial charge in [-0.2, -0.15) is 5.10 Å². The molecule has 0 aliphatic heterocycles. The Balaban J connectivity index is 1.78. The van der Waals surface area contributed by atoms with Gasteiger partial charge in [0.15, 0.2) is 0 Å². The van der Waals surface area contributed by atoms with Gasteiger partial charge in [0.05, 0.1) is 6.54 Å². The maximum atomic E-state index is 12.0. The predicted molar refractivity (Wildman–Crippen MR) is 64.3 cm³/mol. The number of hydrogen-bond acceptors (Lipinski definition) is 3. The largest absolute Gasteiger partial charge is 0.343 e. The number of hydrogen-bond donors (Lipinski definition) is 0. The van der Waals surface area contributed by atoms with E-state index in [0.29, 0.717) is 19.0 Å². The minimum atomic E-state index is 0.215. The van der Waals surface area contributed by atoms with Gasteiger partial charge in [-0.3, -0.25) is 9.48 Å². The molecule has 0 radical (unpaired) electrons. The molecule has 1 saturated carbocycles. The summed E-state index contributed by atoms with van der Waals surface area (Å²) >= 11 is 0. The molecule has 94 valence electrons. The topological polar surface area (TPSA) is 51.0 Å². The molecule has 5 heteroatoms. The van der Waals surface area contributed by atoms with Gasteiger partial charge in [-0.15, -0.1) is 0 Å². The molecule has 1 amide bonds. The summed E-state index contributed by atoms with van der Waals surface area (Å²) in [7, 11) is 1.93. The summed E-state index contributed by atoms with van der Waals surface area (Å²) in [6.45, 7) is 0.621. The van der Waals surface area contributed by atoms with E-state index in [-0.39, 0.29) is 5.91 Å². The van der Waals surface area contributed by atoms with Crippen LogP contribution in [0, 0.1) is 0 Å². The van der Waals surface area contributed by atoms with Crippen molar-refractivity contribution in [1.29, 1.82) is 0 Å². The first-order chi connectivity index (χ1) is 8.27. The van der Waals surface area contributed by atoms with Crippen LogP contribution in [0.1, 0.15) is 38.5 Å². The number of carbonyl (C=O) groups is 1. The van der Waals surface area contributed by atoms with E-state index in [9.17, 15) is 4.79 Å². The van der Waals surface area contributed by atoms with Gasteiger partial charge in [0, 0.05) is 19.5 Å². The maximum Gasteiger partial charge on any atom is 0.224 e.